The smallest absolute Gasteiger partial charge is 0.252 e. The normalized spacial score (nSPS) is 13.6. The molecule has 0 saturated heterocycles. The zero-order valence-electron chi connectivity index (χ0n) is 11.1. The molecule has 0 aliphatic carbocycles. The van der Waals surface area contributed by atoms with Gasteiger partial charge in [0.05, 0.1) is 5.54 Å². The Hall–Kier alpha value is -1.68. The summed E-state index contributed by atoms with van der Waals surface area (Å²) < 4.78 is 13.2. The van der Waals surface area contributed by atoms with Crippen LogP contribution in [0.4, 0.5) is 4.39 Å². The summed E-state index contributed by atoms with van der Waals surface area (Å²) in [7, 11) is 0. The van der Waals surface area contributed by atoms with E-state index in [9.17, 15) is 9.18 Å². The predicted molar refractivity (Wildman–Crippen MR) is 81.5 cm³/mol. The van der Waals surface area contributed by atoms with Gasteiger partial charge in [0.25, 0.3) is 5.91 Å². The van der Waals surface area contributed by atoms with Gasteiger partial charge in [0.15, 0.2) is 0 Å². The molecule has 2 rings (SSSR count). The molecule has 0 heterocycles. The SMILES string of the molecule is CC(CBr)(NC(=O)c1cccc(F)c1)c1ccccc1. The molecule has 0 spiro atoms. The van der Waals surface area contributed by atoms with Gasteiger partial charge in [-0.1, -0.05) is 52.3 Å². The maximum atomic E-state index is 13.2. The van der Waals surface area contributed by atoms with Crippen molar-refractivity contribution in [3.05, 3.63) is 71.5 Å². The molecule has 0 aromatic heterocycles. The van der Waals surface area contributed by atoms with E-state index in [0.717, 1.165) is 5.56 Å². The first-order valence-electron chi connectivity index (χ1n) is 6.25. The molecular formula is C16H15BrFNO. The maximum absolute atomic E-state index is 13.2. The number of hydrogen-bond donors (Lipinski definition) is 1. The zero-order valence-corrected chi connectivity index (χ0v) is 12.7. The van der Waals surface area contributed by atoms with Crippen LogP contribution in [0, 0.1) is 5.82 Å². The van der Waals surface area contributed by atoms with Crippen LogP contribution in [0.5, 0.6) is 0 Å². The Bertz CT molecular complexity index is 602. The molecule has 2 aromatic rings. The second-order valence-corrected chi connectivity index (χ2v) is 5.36. The average molecular weight is 336 g/mol. The third-order valence-electron chi connectivity index (χ3n) is 3.15. The molecule has 0 saturated carbocycles. The van der Waals surface area contributed by atoms with Gasteiger partial charge >= 0.3 is 0 Å². The Balaban J connectivity index is 2.24. The largest absolute Gasteiger partial charge is 0.342 e. The standard InChI is InChI=1S/C16H15BrFNO/c1-16(11-17,13-7-3-2-4-8-13)19-15(20)12-6-5-9-14(18)10-12/h2-10H,11H2,1H3,(H,19,20). The molecule has 0 fully saturated rings. The molecule has 2 nitrogen and oxygen atoms in total. The molecule has 0 radical (unpaired) electrons. The lowest BCUT2D eigenvalue weighted by atomic mass is 9.94. The summed E-state index contributed by atoms with van der Waals surface area (Å²) in [5, 5.41) is 3.51. The second-order valence-electron chi connectivity index (χ2n) is 4.80. The highest BCUT2D eigenvalue weighted by molar-refractivity contribution is 9.09. The summed E-state index contributed by atoms with van der Waals surface area (Å²) in [6.07, 6.45) is 0. The highest BCUT2D eigenvalue weighted by atomic mass is 79.9. The first-order chi connectivity index (χ1) is 9.55. The van der Waals surface area contributed by atoms with Crippen molar-refractivity contribution >= 4 is 21.8 Å². The lowest BCUT2D eigenvalue weighted by Gasteiger charge is -2.29. The predicted octanol–water partition coefficient (Wildman–Crippen LogP) is 3.87. The molecule has 1 atom stereocenters. The quantitative estimate of drug-likeness (QED) is 0.844. The first-order valence-corrected chi connectivity index (χ1v) is 7.37. The molecule has 2 aromatic carbocycles. The van der Waals surface area contributed by atoms with Gasteiger partial charge in [-0.05, 0) is 30.7 Å². The summed E-state index contributed by atoms with van der Waals surface area (Å²) in [5.74, 6) is -0.715. The second kappa shape index (κ2) is 6.18. The molecule has 1 N–H and O–H groups in total. The topological polar surface area (TPSA) is 29.1 Å². The van der Waals surface area contributed by atoms with Gasteiger partial charge in [0, 0.05) is 10.9 Å². The highest BCUT2D eigenvalue weighted by Crippen LogP contribution is 2.23. The summed E-state index contributed by atoms with van der Waals surface area (Å²) in [5.41, 5.74) is 0.750. The van der Waals surface area contributed by atoms with Gasteiger partial charge in [-0.15, -0.1) is 0 Å². The number of benzene rings is 2. The van der Waals surface area contributed by atoms with Gasteiger partial charge in [-0.2, -0.15) is 0 Å². The van der Waals surface area contributed by atoms with Crippen LogP contribution in [0.3, 0.4) is 0 Å². The van der Waals surface area contributed by atoms with Crippen molar-refractivity contribution in [2.24, 2.45) is 0 Å². The van der Waals surface area contributed by atoms with Crippen molar-refractivity contribution in [3.63, 3.8) is 0 Å². The molecule has 20 heavy (non-hydrogen) atoms. The van der Waals surface area contributed by atoms with E-state index in [0.29, 0.717) is 10.9 Å². The van der Waals surface area contributed by atoms with Crippen molar-refractivity contribution in [2.75, 3.05) is 5.33 Å². The Labute approximate surface area is 126 Å². The number of alkyl halides is 1. The zero-order chi connectivity index (χ0) is 14.6. The Morgan fingerprint density at radius 1 is 1.20 bits per heavy atom. The van der Waals surface area contributed by atoms with Crippen molar-refractivity contribution in [1.82, 2.24) is 5.32 Å². The van der Waals surface area contributed by atoms with E-state index in [2.05, 4.69) is 21.2 Å². The van der Waals surface area contributed by atoms with E-state index in [1.165, 1.54) is 18.2 Å². The van der Waals surface area contributed by atoms with Crippen LogP contribution < -0.4 is 5.32 Å². The minimum absolute atomic E-state index is 0.296. The molecule has 4 heteroatoms. The number of carbonyl (C=O) groups is 1. The number of carbonyl (C=O) groups excluding carboxylic acids is 1. The Morgan fingerprint density at radius 3 is 2.50 bits per heavy atom. The summed E-state index contributed by atoms with van der Waals surface area (Å²) in [6.45, 7) is 1.92. The fraction of sp³-hybridized carbons (Fsp3) is 0.188. The van der Waals surface area contributed by atoms with E-state index in [1.54, 1.807) is 6.07 Å². The molecule has 1 unspecified atom stereocenters. The monoisotopic (exact) mass is 335 g/mol. The van der Waals surface area contributed by atoms with Crippen LogP contribution in [0.1, 0.15) is 22.8 Å². The van der Waals surface area contributed by atoms with E-state index >= 15 is 0 Å². The lowest BCUT2D eigenvalue weighted by Crippen LogP contribution is -2.44. The van der Waals surface area contributed by atoms with Crippen molar-refractivity contribution in [3.8, 4) is 0 Å². The molecular weight excluding hydrogens is 321 g/mol. The van der Waals surface area contributed by atoms with E-state index in [1.807, 2.05) is 37.3 Å². The summed E-state index contributed by atoms with van der Waals surface area (Å²) in [4.78, 5) is 12.2. The molecule has 0 aliphatic rings. The average Bonchev–Trinajstić information content (AvgIpc) is 2.48. The number of halogens is 2. The number of nitrogens with one attached hydrogen (secondary N) is 1. The third kappa shape index (κ3) is 3.25. The van der Waals surface area contributed by atoms with Crippen molar-refractivity contribution in [1.29, 1.82) is 0 Å². The van der Waals surface area contributed by atoms with Gasteiger partial charge in [-0.25, -0.2) is 4.39 Å². The first kappa shape index (κ1) is 14.7. The van der Waals surface area contributed by atoms with Crippen molar-refractivity contribution in [2.45, 2.75) is 12.5 Å². The van der Waals surface area contributed by atoms with Gasteiger partial charge in [-0.3, -0.25) is 4.79 Å². The molecule has 104 valence electrons. The van der Waals surface area contributed by atoms with Crippen LogP contribution >= 0.6 is 15.9 Å². The van der Waals surface area contributed by atoms with Crippen LogP contribution in [0.2, 0.25) is 0 Å². The fourth-order valence-electron chi connectivity index (χ4n) is 1.94. The third-order valence-corrected chi connectivity index (χ3v) is 4.28. The summed E-state index contributed by atoms with van der Waals surface area (Å²) in [6, 6.07) is 15.3. The highest BCUT2D eigenvalue weighted by Gasteiger charge is 2.27. The number of hydrogen-bond acceptors (Lipinski definition) is 1. The minimum atomic E-state index is -0.551. The van der Waals surface area contributed by atoms with Crippen LogP contribution in [0.25, 0.3) is 0 Å². The Kier molecular flexibility index (Phi) is 4.55. The van der Waals surface area contributed by atoms with Gasteiger partial charge in [0.2, 0.25) is 0 Å². The van der Waals surface area contributed by atoms with Crippen LogP contribution in [0.15, 0.2) is 54.6 Å². The summed E-state index contributed by atoms with van der Waals surface area (Å²) >= 11 is 3.44. The minimum Gasteiger partial charge on any atom is -0.342 e. The van der Waals surface area contributed by atoms with Crippen molar-refractivity contribution < 1.29 is 9.18 Å². The van der Waals surface area contributed by atoms with Gasteiger partial charge in [0.1, 0.15) is 5.82 Å². The maximum Gasteiger partial charge on any atom is 0.252 e. The number of rotatable bonds is 4. The van der Waals surface area contributed by atoms with E-state index in [-0.39, 0.29) is 5.91 Å². The van der Waals surface area contributed by atoms with Crippen LogP contribution in [-0.4, -0.2) is 11.2 Å². The molecule has 0 bridgehead atoms. The van der Waals surface area contributed by atoms with E-state index < -0.39 is 11.4 Å². The Morgan fingerprint density at radius 2 is 1.90 bits per heavy atom. The lowest BCUT2D eigenvalue weighted by molar-refractivity contribution is 0.0913. The molecule has 0 aliphatic heterocycles. The van der Waals surface area contributed by atoms with Gasteiger partial charge < -0.3 is 5.32 Å². The molecule has 1 amide bonds. The number of amides is 1. The van der Waals surface area contributed by atoms with Crippen LogP contribution in [-0.2, 0) is 5.54 Å². The fourth-order valence-corrected chi connectivity index (χ4v) is 2.41. The van der Waals surface area contributed by atoms with E-state index in [4.69, 9.17) is 0 Å².